The van der Waals surface area contributed by atoms with Gasteiger partial charge >= 0.3 is 5.97 Å². The number of pyridine rings is 1. The normalized spacial score (nSPS) is 24.4. The molecule has 0 radical (unpaired) electrons. The fraction of sp³-hybridized carbons (Fsp3) is 0.538. The second-order valence-corrected chi connectivity index (χ2v) is 4.64. The number of aromatic nitrogens is 1. The van der Waals surface area contributed by atoms with Crippen LogP contribution in [0.15, 0.2) is 18.3 Å². The maximum Gasteiger partial charge on any atom is 0.343 e. The summed E-state index contributed by atoms with van der Waals surface area (Å²) in [5, 5.41) is 0. The highest BCUT2D eigenvalue weighted by molar-refractivity contribution is 5.89. The van der Waals surface area contributed by atoms with Gasteiger partial charge in [0.1, 0.15) is 11.7 Å². The van der Waals surface area contributed by atoms with Gasteiger partial charge in [0.2, 0.25) is 5.95 Å². The van der Waals surface area contributed by atoms with Gasteiger partial charge in [0, 0.05) is 6.20 Å². The number of esters is 1. The fourth-order valence-electron chi connectivity index (χ4n) is 2.24. The van der Waals surface area contributed by atoms with E-state index < -0.39 is 11.9 Å². The zero-order valence-corrected chi connectivity index (χ0v) is 9.86. The summed E-state index contributed by atoms with van der Waals surface area (Å²) >= 11 is 0. The summed E-state index contributed by atoms with van der Waals surface area (Å²) in [6.07, 6.45) is 5.22. The largest absolute Gasteiger partial charge is 0.459 e. The van der Waals surface area contributed by atoms with Crippen LogP contribution in [0.5, 0.6) is 0 Å². The van der Waals surface area contributed by atoms with E-state index in [1.165, 1.54) is 24.8 Å². The molecule has 1 aliphatic carbocycles. The Hall–Kier alpha value is -1.45. The van der Waals surface area contributed by atoms with Gasteiger partial charge in [-0.15, -0.1) is 0 Å². The number of carbonyl (C=O) groups excluding carboxylic acids is 1. The number of hydrogen-bond acceptors (Lipinski definition) is 3. The molecule has 1 saturated carbocycles. The molecule has 1 aromatic heterocycles. The molecule has 0 spiro atoms. The quantitative estimate of drug-likeness (QED) is 0.586. The summed E-state index contributed by atoms with van der Waals surface area (Å²) in [4.78, 5) is 15.2. The molecular weight excluding hydrogens is 221 g/mol. The smallest absolute Gasteiger partial charge is 0.343 e. The Bertz CT molecular complexity index is 408. The summed E-state index contributed by atoms with van der Waals surface area (Å²) in [5.74, 6) is -0.795. The van der Waals surface area contributed by atoms with Crippen LogP contribution in [-0.4, -0.2) is 17.1 Å². The average molecular weight is 237 g/mol. The van der Waals surface area contributed by atoms with Crippen LogP contribution in [0.1, 0.15) is 43.0 Å². The Labute approximate surface area is 100 Å². The van der Waals surface area contributed by atoms with Crippen LogP contribution in [0.25, 0.3) is 0 Å². The average Bonchev–Trinajstić information content (AvgIpc) is 2.29. The molecule has 0 aliphatic heterocycles. The van der Waals surface area contributed by atoms with E-state index in [9.17, 15) is 9.18 Å². The van der Waals surface area contributed by atoms with E-state index in [1.54, 1.807) is 0 Å². The van der Waals surface area contributed by atoms with E-state index in [0.717, 1.165) is 19.3 Å². The van der Waals surface area contributed by atoms with Gasteiger partial charge in [0.15, 0.2) is 0 Å². The first-order valence-corrected chi connectivity index (χ1v) is 5.98. The maximum atomic E-state index is 13.3. The predicted octanol–water partition coefficient (Wildman–Crippen LogP) is 2.96. The molecule has 0 saturated heterocycles. The molecule has 0 N–H and O–H groups in total. The minimum absolute atomic E-state index is 0.0779. The van der Waals surface area contributed by atoms with Crippen LogP contribution in [-0.2, 0) is 4.74 Å². The van der Waals surface area contributed by atoms with Crippen molar-refractivity contribution in [2.45, 2.75) is 38.7 Å². The van der Waals surface area contributed by atoms with Gasteiger partial charge in [-0.2, -0.15) is 4.39 Å². The third-order valence-corrected chi connectivity index (χ3v) is 3.14. The van der Waals surface area contributed by atoms with Crippen molar-refractivity contribution in [3.63, 3.8) is 0 Å². The van der Waals surface area contributed by atoms with Crippen LogP contribution in [0.3, 0.4) is 0 Å². The van der Waals surface area contributed by atoms with Crippen molar-refractivity contribution in [2.24, 2.45) is 5.92 Å². The van der Waals surface area contributed by atoms with Gasteiger partial charge in [0.25, 0.3) is 0 Å². The molecule has 1 heterocycles. The van der Waals surface area contributed by atoms with Crippen molar-refractivity contribution in [1.29, 1.82) is 0 Å². The molecule has 3 nitrogen and oxygen atoms in total. The first kappa shape index (κ1) is 12.0. The summed E-state index contributed by atoms with van der Waals surface area (Å²) < 4.78 is 18.6. The van der Waals surface area contributed by atoms with Gasteiger partial charge in [0.05, 0.1) is 0 Å². The highest BCUT2D eigenvalue weighted by atomic mass is 19.1. The highest BCUT2D eigenvalue weighted by Gasteiger charge is 2.24. The molecule has 2 atom stereocenters. The van der Waals surface area contributed by atoms with Crippen molar-refractivity contribution in [1.82, 2.24) is 4.98 Å². The zero-order chi connectivity index (χ0) is 12.3. The van der Waals surface area contributed by atoms with Crippen molar-refractivity contribution < 1.29 is 13.9 Å². The Morgan fingerprint density at radius 2 is 2.35 bits per heavy atom. The SMILES string of the molecule is CC1CCCC(OC(=O)c2cccnc2F)C1. The first-order valence-electron chi connectivity index (χ1n) is 5.98. The molecule has 2 rings (SSSR count). The van der Waals surface area contributed by atoms with E-state index in [0.29, 0.717) is 5.92 Å². The van der Waals surface area contributed by atoms with Gasteiger partial charge in [-0.05, 0) is 37.3 Å². The molecule has 0 aromatic carbocycles. The third-order valence-electron chi connectivity index (χ3n) is 3.14. The van der Waals surface area contributed by atoms with Crippen LogP contribution in [0.2, 0.25) is 0 Å². The van der Waals surface area contributed by atoms with E-state index in [-0.39, 0.29) is 11.7 Å². The summed E-state index contributed by atoms with van der Waals surface area (Å²) in [6.45, 7) is 2.14. The van der Waals surface area contributed by atoms with Crippen molar-refractivity contribution >= 4 is 5.97 Å². The number of nitrogens with zero attached hydrogens (tertiary/aromatic N) is 1. The predicted molar refractivity (Wildman–Crippen MR) is 61.0 cm³/mol. The van der Waals surface area contributed by atoms with Gasteiger partial charge in [-0.1, -0.05) is 13.3 Å². The molecule has 1 aliphatic rings. The summed E-state index contributed by atoms with van der Waals surface area (Å²) in [6, 6.07) is 2.93. The lowest BCUT2D eigenvalue weighted by molar-refractivity contribution is 0.0149. The lowest BCUT2D eigenvalue weighted by atomic mass is 9.89. The van der Waals surface area contributed by atoms with Crippen LogP contribution >= 0.6 is 0 Å². The van der Waals surface area contributed by atoms with E-state index in [2.05, 4.69) is 11.9 Å². The monoisotopic (exact) mass is 237 g/mol. The molecule has 17 heavy (non-hydrogen) atoms. The van der Waals surface area contributed by atoms with Crippen molar-refractivity contribution in [3.8, 4) is 0 Å². The van der Waals surface area contributed by atoms with E-state index >= 15 is 0 Å². The second kappa shape index (κ2) is 5.25. The lowest BCUT2D eigenvalue weighted by Crippen LogP contribution is -2.25. The van der Waals surface area contributed by atoms with Crippen LogP contribution in [0.4, 0.5) is 4.39 Å². The van der Waals surface area contributed by atoms with E-state index in [1.807, 2.05) is 0 Å². The number of carbonyl (C=O) groups is 1. The second-order valence-electron chi connectivity index (χ2n) is 4.64. The third kappa shape index (κ3) is 3.02. The van der Waals surface area contributed by atoms with Crippen molar-refractivity contribution in [3.05, 3.63) is 29.8 Å². The Kier molecular flexibility index (Phi) is 3.71. The van der Waals surface area contributed by atoms with Gasteiger partial charge in [-0.25, -0.2) is 9.78 Å². The number of ether oxygens (including phenoxy) is 1. The molecule has 1 aromatic rings. The van der Waals surface area contributed by atoms with Crippen LogP contribution in [0, 0.1) is 11.9 Å². The summed E-state index contributed by atoms with van der Waals surface area (Å²) in [5.41, 5.74) is -0.0780. The maximum absolute atomic E-state index is 13.3. The molecule has 4 heteroatoms. The molecule has 92 valence electrons. The molecule has 1 fully saturated rings. The lowest BCUT2D eigenvalue weighted by Gasteiger charge is -2.26. The Balaban J connectivity index is 1.99. The van der Waals surface area contributed by atoms with Gasteiger partial charge < -0.3 is 4.74 Å². The molecular formula is C13H16FNO2. The molecule has 0 bridgehead atoms. The summed E-state index contributed by atoms with van der Waals surface area (Å²) in [7, 11) is 0. The number of halogens is 1. The minimum atomic E-state index is -0.763. The minimum Gasteiger partial charge on any atom is -0.459 e. The Morgan fingerprint density at radius 1 is 1.53 bits per heavy atom. The number of hydrogen-bond donors (Lipinski definition) is 0. The van der Waals surface area contributed by atoms with Gasteiger partial charge in [-0.3, -0.25) is 0 Å². The van der Waals surface area contributed by atoms with E-state index in [4.69, 9.17) is 4.74 Å². The highest BCUT2D eigenvalue weighted by Crippen LogP contribution is 2.26. The standard InChI is InChI=1S/C13H16FNO2/c1-9-4-2-5-10(8-9)17-13(16)11-6-3-7-15-12(11)14/h3,6-7,9-10H,2,4-5,8H2,1H3. The first-order chi connectivity index (χ1) is 8.16. The fourth-order valence-corrected chi connectivity index (χ4v) is 2.24. The Morgan fingerprint density at radius 3 is 3.06 bits per heavy atom. The topological polar surface area (TPSA) is 39.2 Å². The molecule has 0 amide bonds. The van der Waals surface area contributed by atoms with Crippen molar-refractivity contribution in [2.75, 3.05) is 0 Å². The zero-order valence-electron chi connectivity index (χ0n) is 9.86. The molecule has 2 unspecified atom stereocenters. The number of rotatable bonds is 2. The van der Waals surface area contributed by atoms with Crippen LogP contribution < -0.4 is 0 Å².